The van der Waals surface area contributed by atoms with Crippen LogP contribution in [0.1, 0.15) is 37.2 Å². The number of amides is 1. The summed E-state index contributed by atoms with van der Waals surface area (Å²) in [4.78, 5) is 20.2. The van der Waals surface area contributed by atoms with Crippen LogP contribution in [0.5, 0.6) is 0 Å². The number of aliphatic hydroxyl groups is 1. The Hall–Kier alpha value is -1.95. The summed E-state index contributed by atoms with van der Waals surface area (Å²) in [7, 11) is 0. The lowest BCUT2D eigenvalue weighted by Crippen LogP contribution is -2.36. The number of fused-ring (bicyclic) bond motifs is 1. The standard InChI is InChI=1S/C14H20N4O2/c1-3-10(4-2)12(19)8-16-13(20)11-9-18-7-5-6-15-14(18)17-11/h5-7,9-10,12,19H,3-4,8H2,1-2H3,(H,16,20). The Bertz CT molecular complexity index is 544. The lowest BCUT2D eigenvalue weighted by atomic mass is 9.96. The molecule has 0 bridgehead atoms. The Balaban J connectivity index is 1.98. The van der Waals surface area contributed by atoms with Gasteiger partial charge in [-0.05, 0) is 12.0 Å². The number of rotatable bonds is 6. The quantitative estimate of drug-likeness (QED) is 0.832. The molecule has 0 aliphatic heterocycles. The number of carbonyl (C=O) groups is 1. The van der Waals surface area contributed by atoms with E-state index in [4.69, 9.17) is 0 Å². The smallest absolute Gasteiger partial charge is 0.271 e. The number of imidazole rings is 1. The SMILES string of the molecule is CCC(CC)C(O)CNC(=O)c1cn2cccnc2n1. The lowest BCUT2D eigenvalue weighted by Gasteiger charge is -2.19. The first-order valence-electron chi connectivity index (χ1n) is 6.91. The molecule has 0 radical (unpaired) electrons. The summed E-state index contributed by atoms with van der Waals surface area (Å²) in [5, 5.41) is 12.7. The second-order valence-corrected chi connectivity index (χ2v) is 4.81. The molecule has 1 atom stereocenters. The molecule has 0 aromatic carbocycles. The highest BCUT2D eigenvalue weighted by Crippen LogP contribution is 2.12. The van der Waals surface area contributed by atoms with Crippen molar-refractivity contribution in [3.05, 3.63) is 30.4 Å². The molecule has 2 N–H and O–H groups in total. The molecule has 2 rings (SSSR count). The van der Waals surface area contributed by atoms with Crippen molar-refractivity contribution in [3.63, 3.8) is 0 Å². The second kappa shape index (κ2) is 6.47. The van der Waals surface area contributed by atoms with Gasteiger partial charge in [0, 0.05) is 25.1 Å². The zero-order valence-electron chi connectivity index (χ0n) is 11.8. The highest BCUT2D eigenvalue weighted by Gasteiger charge is 2.17. The van der Waals surface area contributed by atoms with Gasteiger partial charge in [-0.3, -0.25) is 9.20 Å². The van der Waals surface area contributed by atoms with Gasteiger partial charge < -0.3 is 10.4 Å². The highest BCUT2D eigenvalue weighted by molar-refractivity contribution is 5.92. The topological polar surface area (TPSA) is 79.5 Å². The van der Waals surface area contributed by atoms with Crippen molar-refractivity contribution in [1.82, 2.24) is 19.7 Å². The molecule has 6 nitrogen and oxygen atoms in total. The molecule has 2 aromatic heterocycles. The van der Waals surface area contributed by atoms with E-state index in [0.717, 1.165) is 12.8 Å². The van der Waals surface area contributed by atoms with Crippen molar-refractivity contribution in [2.45, 2.75) is 32.8 Å². The van der Waals surface area contributed by atoms with Gasteiger partial charge in [0.05, 0.1) is 6.10 Å². The van der Waals surface area contributed by atoms with Crippen LogP contribution in [-0.4, -0.2) is 38.0 Å². The monoisotopic (exact) mass is 276 g/mol. The molecule has 0 aliphatic rings. The Morgan fingerprint density at radius 2 is 2.20 bits per heavy atom. The fraction of sp³-hybridized carbons (Fsp3) is 0.500. The summed E-state index contributed by atoms with van der Waals surface area (Å²) in [6, 6.07) is 1.77. The van der Waals surface area contributed by atoms with E-state index in [2.05, 4.69) is 15.3 Å². The Morgan fingerprint density at radius 3 is 2.85 bits per heavy atom. The zero-order chi connectivity index (χ0) is 14.5. The number of aromatic nitrogens is 3. The van der Waals surface area contributed by atoms with E-state index in [-0.39, 0.29) is 18.4 Å². The third-order valence-electron chi connectivity index (χ3n) is 3.53. The van der Waals surface area contributed by atoms with E-state index in [9.17, 15) is 9.90 Å². The lowest BCUT2D eigenvalue weighted by molar-refractivity contribution is 0.0813. The van der Waals surface area contributed by atoms with Crippen molar-refractivity contribution in [1.29, 1.82) is 0 Å². The second-order valence-electron chi connectivity index (χ2n) is 4.81. The van der Waals surface area contributed by atoms with E-state index >= 15 is 0 Å². The minimum absolute atomic E-state index is 0.207. The van der Waals surface area contributed by atoms with Crippen molar-refractivity contribution in [2.24, 2.45) is 5.92 Å². The summed E-state index contributed by atoms with van der Waals surface area (Å²) in [5.74, 6) is 0.400. The molecule has 2 heterocycles. The Morgan fingerprint density at radius 1 is 1.45 bits per heavy atom. The molecule has 0 saturated carbocycles. The van der Waals surface area contributed by atoms with Gasteiger partial charge in [0.25, 0.3) is 5.91 Å². The first-order valence-corrected chi connectivity index (χ1v) is 6.91. The van der Waals surface area contributed by atoms with Gasteiger partial charge in [0.2, 0.25) is 5.78 Å². The molecule has 0 aliphatic carbocycles. The van der Waals surface area contributed by atoms with Crippen LogP contribution >= 0.6 is 0 Å². The number of nitrogens with zero attached hydrogens (tertiary/aromatic N) is 3. The maximum Gasteiger partial charge on any atom is 0.271 e. The number of carbonyl (C=O) groups excluding carboxylic acids is 1. The van der Waals surface area contributed by atoms with Crippen LogP contribution in [0, 0.1) is 5.92 Å². The van der Waals surface area contributed by atoms with Gasteiger partial charge in [0.15, 0.2) is 0 Å². The average Bonchev–Trinajstić information content (AvgIpc) is 2.90. The predicted octanol–water partition coefficient (Wildman–Crippen LogP) is 1.26. The van der Waals surface area contributed by atoms with Crippen LogP contribution in [0.15, 0.2) is 24.7 Å². The van der Waals surface area contributed by atoms with E-state index in [1.165, 1.54) is 0 Å². The zero-order valence-corrected chi connectivity index (χ0v) is 11.8. The fourth-order valence-electron chi connectivity index (χ4n) is 2.23. The predicted molar refractivity (Wildman–Crippen MR) is 75.4 cm³/mol. The van der Waals surface area contributed by atoms with Crippen LogP contribution in [-0.2, 0) is 0 Å². The highest BCUT2D eigenvalue weighted by atomic mass is 16.3. The minimum atomic E-state index is -0.524. The van der Waals surface area contributed by atoms with E-state index in [1.54, 1.807) is 29.1 Å². The van der Waals surface area contributed by atoms with Crippen molar-refractivity contribution in [3.8, 4) is 0 Å². The molecule has 0 fully saturated rings. The molecular weight excluding hydrogens is 256 g/mol. The first kappa shape index (κ1) is 14.5. The van der Waals surface area contributed by atoms with Gasteiger partial charge in [0.1, 0.15) is 5.69 Å². The van der Waals surface area contributed by atoms with E-state index in [0.29, 0.717) is 11.5 Å². The van der Waals surface area contributed by atoms with E-state index in [1.807, 2.05) is 13.8 Å². The largest absolute Gasteiger partial charge is 0.391 e. The molecule has 108 valence electrons. The molecule has 0 spiro atoms. The van der Waals surface area contributed by atoms with Crippen LogP contribution in [0.3, 0.4) is 0 Å². The van der Waals surface area contributed by atoms with Gasteiger partial charge in [-0.2, -0.15) is 0 Å². The van der Waals surface area contributed by atoms with Gasteiger partial charge >= 0.3 is 0 Å². The first-order chi connectivity index (χ1) is 9.65. The minimum Gasteiger partial charge on any atom is -0.391 e. The third kappa shape index (κ3) is 3.14. The third-order valence-corrected chi connectivity index (χ3v) is 3.53. The summed E-state index contributed by atoms with van der Waals surface area (Å²) in [6.07, 6.45) is 6.30. The number of nitrogens with one attached hydrogen (secondary N) is 1. The van der Waals surface area contributed by atoms with Crippen molar-refractivity contribution in [2.75, 3.05) is 6.54 Å². The number of hydrogen-bond acceptors (Lipinski definition) is 4. The maximum absolute atomic E-state index is 12.0. The fourth-order valence-corrected chi connectivity index (χ4v) is 2.23. The normalized spacial score (nSPS) is 12.8. The van der Waals surface area contributed by atoms with Crippen molar-refractivity contribution >= 4 is 11.7 Å². The average molecular weight is 276 g/mol. The molecular formula is C14H20N4O2. The van der Waals surface area contributed by atoms with Gasteiger partial charge in [-0.25, -0.2) is 9.97 Å². The summed E-state index contributed by atoms with van der Waals surface area (Å²) in [5.41, 5.74) is 0.306. The summed E-state index contributed by atoms with van der Waals surface area (Å²) >= 11 is 0. The molecule has 1 unspecified atom stereocenters. The molecule has 20 heavy (non-hydrogen) atoms. The maximum atomic E-state index is 12.0. The number of hydrogen-bond donors (Lipinski definition) is 2. The molecule has 0 saturated heterocycles. The van der Waals surface area contributed by atoms with Crippen LogP contribution in [0.4, 0.5) is 0 Å². The van der Waals surface area contributed by atoms with Crippen LogP contribution in [0.25, 0.3) is 5.78 Å². The number of aliphatic hydroxyl groups excluding tert-OH is 1. The molecule has 2 aromatic rings. The Kier molecular flexibility index (Phi) is 4.68. The Labute approximate surface area is 117 Å². The summed E-state index contributed by atoms with van der Waals surface area (Å²) in [6.45, 7) is 4.31. The molecule has 6 heteroatoms. The van der Waals surface area contributed by atoms with Crippen LogP contribution < -0.4 is 5.32 Å². The van der Waals surface area contributed by atoms with E-state index < -0.39 is 6.10 Å². The van der Waals surface area contributed by atoms with Gasteiger partial charge in [-0.15, -0.1) is 0 Å². The molecule has 1 amide bonds. The van der Waals surface area contributed by atoms with Gasteiger partial charge in [-0.1, -0.05) is 26.7 Å². The van der Waals surface area contributed by atoms with Crippen LogP contribution in [0.2, 0.25) is 0 Å². The summed E-state index contributed by atoms with van der Waals surface area (Å²) < 4.78 is 1.69. The van der Waals surface area contributed by atoms with Crippen molar-refractivity contribution < 1.29 is 9.90 Å².